The van der Waals surface area contributed by atoms with Crippen LogP contribution in [0.2, 0.25) is 0 Å². The van der Waals surface area contributed by atoms with Crippen LogP contribution in [-0.4, -0.2) is 19.1 Å². The maximum Gasteiger partial charge on any atom is 0.332 e. The lowest BCUT2D eigenvalue weighted by Gasteiger charge is -2.11. The molecule has 0 saturated heterocycles. The van der Waals surface area contributed by atoms with E-state index in [0.29, 0.717) is 24.1 Å². The van der Waals surface area contributed by atoms with Crippen molar-refractivity contribution >= 4 is 11.0 Å². The van der Waals surface area contributed by atoms with Gasteiger partial charge in [0, 0.05) is 38.7 Å². The number of fused-ring (bicyclic) bond motifs is 1. The second-order valence-corrected chi connectivity index (χ2v) is 6.90. The minimum atomic E-state index is -0.374. The van der Waals surface area contributed by atoms with Gasteiger partial charge in [0.1, 0.15) is 5.65 Å². The van der Waals surface area contributed by atoms with Crippen LogP contribution in [0.3, 0.4) is 0 Å². The molecule has 1 aromatic carbocycles. The summed E-state index contributed by atoms with van der Waals surface area (Å²) in [5, 5.41) is 3.76. The van der Waals surface area contributed by atoms with Gasteiger partial charge in [0.15, 0.2) is 0 Å². The van der Waals surface area contributed by atoms with Crippen molar-refractivity contribution in [1.29, 1.82) is 0 Å². The minimum Gasteiger partial charge on any atom is -0.309 e. The molecule has 0 atom stereocenters. The van der Waals surface area contributed by atoms with Crippen LogP contribution < -0.4 is 16.6 Å². The van der Waals surface area contributed by atoms with Gasteiger partial charge in [-0.3, -0.25) is 18.9 Å². The van der Waals surface area contributed by atoms with E-state index in [1.165, 1.54) is 9.13 Å². The van der Waals surface area contributed by atoms with Crippen molar-refractivity contribution in [3.8, 4) is 0 Å². The normalized spacial score (nSPS) is 11.1. The lowest BCUT2D eigenvalue weighted by molar-refractivity contribution is 0.655. The zero-order valence-electron chi connectivity index (χ0n) is 16.1. The summed E-state index contributed by atoms with van der Waals surface area (Å²) in [5.74, 6) is 0. The van der Waals surface area contributed by atoms with Crippen LogP contribution in [0.1, 0.15) is 16.7 Å². The molecule has 0 aliphatic heterocycles. The summed E-state index contributed by atoms with van der Waals surface area (Å²) in [7, 11) is 1.64. The zero-order chi connectivity index (χ0) is 20.2. The van der Waals surface area contributed by atoms with Gasteiger partial charge in [-0.05, 0) is 28.8 Å². The first-order valence-corrected chi connectivity index (χ1v) is 9.35. The Morgan fingerprint density at radius 2 is 1.69 bits per heavy atom. The highest BCUT2D eigenvalue weighted by molar-refractivity contribution is 5.74. The van der Waals surface area contributed by atoms with E-state index >= 15 is 0 Å². The largest absolute Gasteiger partial charge is 0.332 e. The molecular formula is C22H21N5O2. The van der Waals surface area contributed by atoms with Crippen molar-refractivity contribution in [3.05, 3.63) is 105 Å². The first-order valence-electron chi connectivity index (χ1n) is 9.35. The molecular weight excluding hydrogens is 366 g/mol. The second kappa shape index (κ2) is 8.20. The van der Waals surface area contributed by atoms with Gasteiger partial charge >= 0.3 is 5.69 Å². The van der Waals surface area contributed by atoms with Crippen LogP contribution in [0.5, 0.6) is 0 Å². The predicted molar refractivity (Wildman–Crippen MR) is 112 cm³/mol. The van der Waals surface area contributed by atoms with E-state index < -0.39 is 0 Å². The standard InChI is InChI=1S/C22H21N5O2/c1-26-20-19(21(28)27(22(26)29)15-16-6-3-2-4-7-16)10-18(14-25-20)13-24-12-17-8-5-9-23-11-17/h2-11,14,24H,12-13,15H2,1H3. The average Bonchev–Trinajstić information content (AvgIpc) is 2.76. The van der Waals surface area contributed by atoms with E-state index in [1.54, 1.807) is 19.4 Å². The maximum atomic E-state index is 13.0. The van der Waals surface area contributed by atoms with Gasteiger partial charge in [0.25, 0.3) is 5.56 Å². The number of nitrogens with one attached hydrogen (secondary N) is 1. The summed E-state index contributed by atoms with van der Waals surface area (Å²) in [5.41, 5.74) is 2.54. The Labute approximate surface area is 167 Å². The Kier molecular flexibility index (Phi) is 5.31. The molecule has 4 rings (SSSR count). The zero-order valence-corrected chi connectivity index (χ0v) is 16.1. The topological polar surface area (TPSA) is 81.8 Å². The quantitative estimate of drug-likeness (QED) is 0.546. The molecule has 7 nitrogen and oxygen atoms in total. The fraction of sp³-hybridized carbons (Fsp3) is 0.182. The van der Waals surface area contributed by atoms with Gasteiger partial charge in [-0.1, -0.05) is 36.4 Å². The highest BCUT2D eigenvalue weighted by atomic mass is 16.2. The summed E-state index contributed by atoms with van der Waals surface area (Å²) < 4.78 is 2.68. The first-order chi connectivity index (χ1) is 14.1. The molecule has 0 aliphatic carbocycles. The molecule has 29 heavy (non-hydrogen) atoms. The van der Waals surface area contributed by atoms with Gasteiger partial charge in [-0.2, -0.15) is 0 Å². The molecule has 0 unspecified atom stereocenters. The summed E-state index contributed by atoms with van der Waals surface area (Å²) >= 11 is 0. The Bertz CT molecular complexity index is 1250. The SMILES string of the molecule is Cn1c(=O)n(Cc2ccccc2)c(=O)c2cc(CNCc3cccnc3)cnc21. The smallest absolute Gasteiger partial charge is 0.309 e. The average molecular weight is 387 g/mol. The third-order valence-electron chi connectivity index (χ3n) is 4.80. The number of aryl methyl sites for hydroxylation is 1. The molecule has 0 spiro atoms. The van der Waals surface area contributed by atoms with E-state index in [4.69, 9.17) is 0 Å². The Morgan fingerprint density at radius 1 is 0.931 bits per heavy atom. The summed E-state index contributed by atoms with van der Waals surface area (Å²) in [6, 6.07) is 15.2. The van der Waals surface area contributed by atoms with Crippen LogP contribution in [0.15, 0.2) is 76.7 Å². The van der Waals surface area contributed by atoms with E-state index in [2.05, 4.69) is 15.3 Å². The van der Waals surface area contributed by atoms with Crippen LogP contribution in [0.4, 0.5) is 0 Å². The van der Waals surface area contributed by atoms with Crippen LogP contribution >= 0.6 is 0 Å². The van der Waals surface area contributed by atoms with Crippen molar-refractivity contribution in [2.24, 2.45) is 7.05 Å². The molecule has 0 amide bonds. The fourth-order valence-electron chi connectivity index (χ4n) is 3.29. The number of pyridine rings is 2. The van der Waals surface area contributed by atoms with Crippen LogP contribution in [0.25, 0.3) is 11.0 Å². The van der Waals surface area contributed by atoms with Crippen molar-refractivity contribution in [2.75, 3.05) is 0 Å². The van der Waals surface area contributed by atoms with Crippen molar-refractivity contribution in [2.45, 2.75) is 19.6 Å². The molecule has 3 aromatic heterocycles. The first kappa shape index (κ1) is 18.8. The van der Waals surface area contributed by atoms with Crippen molar-refractivity contribution in [3.63, 3.8) is 0 Å². The molecule has 0 saturated carbocycles. The van der Waals surface area contributed by atoms with E-state index in [-0.39, 0.29) is 17.8 Å². The second-order valence-electron chi connectivity index (χ2n) is 6.90. The van der Waals surface area contributed by atoms with Crippen molar-refractivity contribution < 1.29 is 0 Å². The van der Waals surface area contributed by atoms with Gasteiger partial charge in [0.2, 0.25) is 0 Å². The van der Waals surface area contributed by atoms with Gasteiger partial charge in [-0.25, -0.2) is 9.78 Å². The molecule has 1 N–H and O–H groups in total. The van der Waals surface area contributed by atoms with E-state index in [9.17, 15) is 9.59 Å². The van der Waals surface area contributed by atoms with E-state index in [1.807, 2.05) is 54.7 Å². The molecule has 4 aromatic rings. The minimum absolute atomic E-state index is 0.228. The highest BCUT2D eigenvalue weighted by Gasteiger charge is 2.13. The number of hydrogen-bond acceptors (Lipinski definition) is 5. The fourth-order valence-corrected chi connectivity index (χ4v) is 3.29. The lowest BCUT2D eigenvalue weighted by Crippen LogP contribution is -2.39. The summed E-state index contributed by atoms with van der Waals surface area (Å²) in [6.07, 6.45) is 5.24. The van der Waals surface area contributed by atoms with Gasteiger partial charge in [-0.15, -0.1) is 0 Å². The maximum absolute atomic E-state index is 13.0. The Morgan fingerprint density at radius 3 is 2.45 bits per heavy atom. The number of benzene rings is 1. The lowest BCUT2D eigenvalue weighted by atomic mass is 10.2. The predicted octanol–water partition coefficient (Wildman–Crippen LogP) is 1.83. The third kappa shape index (κ3) is 4.00. The number of aromatic nitrogens is 4. The van der Waals surface area contributed by atoms with Gasteiger partial charge in [0.05, 0.1) is 11.9 Å². The third-order valence-corrected chi connectivity index (χ3v) is 4.80. The Hall–Kier alpha value is -3.58. The Balaban J connectivity index is 1.64. The van der Waals surface area contributed by atoms with E-state index in [0.717, 1.165) is 16.7 Å². The van der Waals surface area contributed by atoms with Crippen LogP contribution in [-0.2, 0) is 26.7 Å². The summed E-state index contributed by atoms with van der Waals surface area (Å²) in [4.78, 5) is 34.2. The number of nitrogens with zero attached hydrogens (tertiary/aromatic N) is 4. The monoisotopic (exact) mass is 387 g/mol. The van der Waals surface area contributed by atoms with Crippen LogP contribution in [0, 0.1) is 0 Å². The molecule has 146 valence electrons. The van der Waals surface area contributed by atoms with Gasteiger partial charge < -0.3 is 5.32 Å². The summed E-state index contributed by atoms with van der Waals surface area (Å²) in [6.45, 7) is 1.45. The molecule has 0 fully saturated rings. The molecule has 0 radical (unpaired) electrons. The molecule has 0 aliphatic rings. The molecule has 0 bridgehead atoms. The number of rotatable bonds is 6. The van der Waals surface area contributed by atoms with Crippen molar-refractivity contribution in [1.82, 2.24) is 24.4 Å². The number of hydrogen-bond donors (Lipinski definition) is 1. The molecule has 3 heterocycles. The highest BCUT2D eigenvalue weighted by Crippen LogP contribution is 2.09. The molecule has 7 heteroatoms.